The molecule has 1 fully saturated rings. The average molecular weight is 291 g/mol. The van der Waals surface area contributed by atoms with Crippen LogP contribution in [0.5, 0.6) is 5.75 Å². The van der Waals surface area contributed by atoms with Crippen molar-refractivity contribution in [1.82, 2.24) is 10.2 Å². The highest BCUT2D eigenvalue weighted by Gasteiger charge is 2.19. The predicted octanol–water partition coefficient (Wildman–Crippen LogP) is 1.71. The van der Waals surface area contributed by atoms with Gasteiger partial charge in [-0.05, 0) is 43.7 Å². The highest BCUT2D eigenvalue weighted by molar-refractivity contribution is 5.92. The molecule has 116 valence electrons. The summed E-state index contributed by atoms with van der Waals surface area (Å²) in [6.07, 6.45) is 2.23. The molecule has 0 aliphatic carbocycles. The SMILES string of the molecule is CCNC1CCN(CC(=O)Nc2ccc(OC)cc2)CC1. The maximum Gasteiger partial charge on any atom is 0.238 e. The summed E-state index contributed by atoms with van der Waals surface area (Å²) in [6, 6.07) is 8.01. The number of ether oxygens (including phenoxy) is 1. The van der Waals surface area contributed by atoms with Crippen LogP contribution in [-0.4, -0.2) is 50.1 Å². The Kier molecular flexibility index (Phi) is 6.02. The van der Waals surface area contributed by atoms with Crippen LogP contribution in [0, 0.1) is 0 Å². The van der Waals surface area contributed by atoms with E-state index in [1.165, 1.54) is 0 Å². The molecule has 5 heteroatoms. The average Bonchev–Trinajstić information content (AvgIpc) is 2.50. The van der Waals surface area contributed by atoms with E-state index in [0.29, 0.717) is 12.6 Å². The first-order valence-corrected chi connectivity index (χ1v) is 7.61. The van der Waals surface area contributed by atoms with Gasteiger partial charge in [-0.1, -0.05) is 6.92 Å². The maximum absolute atomic E-state index is 12.0. The number of hydrogen-bond acceptors (Lipinski definition) is 4. The Hall–Kier alpha value is -1.59. The normalized spacial score (nSPS) is 16.7. The van der Waals surface area contributed by atoms with Gasteiger partial charge in [0, 0.05) is 24.8 Å². The lowest BCUT2D eigenvalue weighted by Crippen LogP contribution is -2.44. The molecule has 1 heterocycles. The van der Waals surface area contributed by atoms with Gasteiger partial charge < -0.3 is 15.4 Å². The molecule has 0 unspecified atom stereocenters. The zero-order valence-electron chi connectivity index (χ0n) is 12.9. The predicted molar refractivity (Wildman–Crippen MR) is 84.8 cm³/mol. The molecule has 5 nitrogen and oxygen atoms in total. The quantitative estimate of drug-likeness (QED) is 0.838. The summed E-state index contributed by atoms with van der Waals surface area (Å²) < 4.78 is 5.10. The first-order valence-electron chi connectivity index (χ1n) is 7.61. The lowest BCUT2D eigenvalue weighted by Gasteiger charge is -2.31. The summed E-state index contributed by atoms with van der Waals surface area (Å²) in [6.45, 7) is 5.57. The number of piperidine rings is 1. The first-order chi connectivity index (χ1) is 10.2. The van der Waals surface area contributed by atoms with Crippen LogP contribution in [0.1, 0.15) is 19.8 Å². The molecule has 1 aliphatic rings. The third-order valence-electron chi connectivity index (χ3n) is 3.82. The van der Waals surface area contributed by atoms with Gasteiger partial charge in [-0.3, -0.25) is 9.69 Å². The van der Waals surface area contributed by atoms with Crippen LogP contribution in [-0.2, 0) is 4.79 Å². The fourth-order valence-electron chi connectivity index (χ4n) is 2.66. The van der Waals surface area contributed by atoms with Gasteiger partial charge in [-0.2, -0.15) is 0 Å². The number of nitrogens with zero attached hydrogens (tertiary/aromatic N) is 1. The second-order valence-electron chi connectivity index (χ2n) is 5.38. The van der Waals surface area contributed by atoms with Crippen molar-refractivity contribution in [3.05, 3.63) is 24.3 Å². The summed E-state index contributed by atoms with van der Waals surface area (Å²) in [5.41, 5.74) is 0.809. The third kappa shape index (κ3) is 5.02. The van der Waals surface area contributed by atoms with E-state index in [1.807, 2.05) is 24.3 Å². The molecule has 2 rings (SSSR count). The van der Waals surface area contributed by atoms with Crippen molar-refractivity contribution in [1.29, 1.82) is 0 Å². The number of hydrogen-bond donors (Lipinski definition) is 2. The molecule has 1 saturated heterocycles. The minimum atomic E-state index is 0.0436. The molecule has 0 aromatic heterocycles. The molecule has 0 bridgehead atoms. The van der Waals surface area contributed by atoms with Crippen molar-refractivity contribution in [2.75, 3.05) is 38.6 Å². The molecular weight excluding hydrogens is 266 g/mol. The van der Waals surface area contributed by atoms with Crippen molar-refractivity contribution >= 4 is 11.6 Å². The van der Waals surface area contributed by atoms with Crippen molar-refractivity contribution in [2.24, 2.45) is 0 Å². The van der Waals surface area contributed by atoms with Gasteiger partial charge >= 0.3 is 0 Å². The molecule has 1 aliphatic heterocycles. The summed E-state index contributed by atoms with van der Waals surface area (Å²) >= 11 is 0. The zero-order valence-corrected chi connectivity index (χ0v) is 12.9. The number of carbonyl (C=O) groups excluding carboxylic acids is 1. The Bertz CT molecular complexity index is 439. The second kappa shape index (κ2) is 8.00. The summed E-state index contributed by atoms with van der Waals surface area (Å²) in [4.78, 5) is 14.3. The van der Waals surface area contributed by atoms with Crippen LogP contribution in [0.3, 0.4) is 0 Å². The molecule has 0 atom stereocenters. The van der Waals surface area contributed by atoms with Crippen LogP contribution in [0.4, 0.5) is 5.69 Å². The van der Waals surface area contributed by atoms with E-state index in [1.54, 1.807) is 7.11 Å². The van der Waals surface area contributed by atoms with Gasteiger partial charge in [0.15, 0.2) is 0 Å². The van der Waals surface area contributed by atoms with Gasteiger partial charge in [-0.15, -0.1) is 0 Å². The van der Waals surface area contributed by atoms with Gasteiger partial charge in [0.05, 0.1) is 13.7 Å². The third-order valence-corrected chi connectivity index (χ3v) is 3.82. The minimum Gasteiger partial charge on any atom is -0.497 e. The molecule has 0 saturated carbocycles. The number of nitrogens with one attached hydrogen (secondary N) is 2. The van der Waals surface area contributed by atoms with E-state index in [4.69, 9.17) is 4.74 Å². The summed E-state index contributed by atoms with van der Waals surface area (Å²) in [7, 11) is 1.63. The maximum atomic E-state index is 12.0. The standard InChI is InChI=1S/C16H25N3O2/c1-3-17-13-8-10-19(11-9-13)12-16(20)18-14-4-6-15(21-2)7-5-14/h4-7,13,17H,3,8-12H2,1-2H3,(H,18,20). The molecule has 21 heavy (non-hydrogen) atoms. The molecule has 2 N–H and O–H groups in total. The van der Waals surface area contributed by atoms with E-state index in [-0.39, 0.29) is 5.91 Å². The summed E-state index contributed by atoms with van der Waals surface area (Å²) in [5.74, 6) is 0.834. The molecule has 1 amide bonds. The highest BCUT2D eigenvalue weighted by atomic mass is 16.5. The van der Waals surface area contributed by atoms with Crippen LogP contribution < -0.4 is 15.4 Å². The number of methoxy groups -OCH3 is 1. The second-order valence-corrected chi connectivity index (χ2v) is 5.38. The Morgan fingerprint density at radius 2 is 1.95 bits per heavy atom. The lowest BCUT2D eigenvalue weighted by atomic mass is 10.1. The van der Waals surface area contributed by atoms with Crippen molar-refractivity contribution in [3.63, 3.8) is 0 Å². The Balaban J connectivity index is 1.74. The molecule has 0 spiro atoms. The van der Waals surface area contributed by atoms with Crippen molar-refractivity contribution in [3.8, 4) is 5.75 Å². The van der Waals surface area contributed by atoms with Gasteiger partial charge in [0.1, 0.15) is 5.75 Å². The van der Waals surface area contributed by atoms with Gasteiger partial charge in [0.2, 0.25) is 5.91 Å². The van der Waals surface area contributed by atoms with E-state index >= 15 is 0 Å². The Morgan fingerprint density at radius 1 is 1.29 bits per heavy atom. The van der Waals surface area contributed by atoms with Crippen LogP contribution >= 0.6 is 0 Å². The number of carbonyl (C=O) groups is 1. The fraction of sp³-hybridized carbons (Fsp3) is 0.562. The van der Waals surface area contributed by atoms with Crippen LogP contribution in [0.15, 0.2) is 24.3 Å². The van der Waals surface area contributed by atoms with Crippen molar-refractivity contribution in [2.45, 2.75) is 25.8 Å². The molecule has 1 aromatic carbocycles. The van der Waals surface area contributed by atoms with Crippen LogP contribution in [0.25, 0.3) is 0 Å². The summed E-state index contributed by atoms with van der Waals surface area (Å²) in [5, 5.41) is 6.39. The smallest absolute Gasteiger partial charge is 0.238 e. The highest BCUT2D eigenvalue weighted by Crippen LogP contribution is 2.15. The molecule has 1 aromatic rings. The molecule has 0 radical (unpaired) electrons. The number of anilines is 1. The van der Waals surface area contributed by atoms with E-state index < -0.39 is 0 Å². The zero-order chi connectivity index (χ0) is 15.1. The first kappa shape index (κ1) is 15.8. The Morgan fingerprint density at radius 3 is 2.52 bits per heavy atom. The number of likely N-dealkylation sites (tertiary alicyclic amines) is 1. The Labute approximate surface area is 126 Å². The van der Waals surface area contributed by atoms with E-state index in [0.717, 1.165) is 43.9 Å². The topological polar surface area (TPSA) is 53.6 Å². The van der Waals surface area contributed by atoms with E-state index in [2.05, 4.69) is 22.5 Å². The number of amides is 1. The monoisotopic (exact) mass is 291 g/mol. The number of benzene rings is 1. The number of rotatable bonds is 6. The minimum absolute atomic E-state index is 0.0436. The molecular formula is C16H25N3O2. The van der Waals surface area contributed by atoms with E-state index in [9.17, 15) is 4.79 Å². The van der Waals surface area contributed by atoms with Crippen LogP contribution in [0.2, 0.25) is 0 Å². The lowest BCUT2D eigenvalue weighted by molar-refractivity contribution is -0.117. The van der Waals surface area contributed by atoms with Gasteiger partial charge in [0.25, 0.3) is 0 Å². The van der Waals surface area contributed by atoms with Gasteiger partial charge in [-0.25, -0.2) is 0 Å². The largest absolute Gasteiger partial charge is 0.497 e. The fourth-order valence-corrected chi connectivity index (χ4v) is 2.66. The van der Waals surface area contributed by atoms with Crippen molar-refractivity contribution < 1.29 is 9.53 Å².